The molecular weight excluding hydrogens is 222 g/mol. The van der Waals surface area contributed by atoms with Crippen molar-refractivity contribution in [3.05, 3.63) is 53.6 Å². The Hall–Kier alpha value is -1.61. The van der Waals surface area contributed by atoms with E-state index in [-0.39, 0.29) is 6.04 Å². The van der Waals surface area contributed by atoms with E-state index in [4.69, 9.17) is 5.73 Å². The van der Waals surface area contributed by atoms with Crippen LogP contribution in [0.25, 0.3) is 0 Å². The smallest absolute Gasteiger partial charge is 0.0951 e. The Morgan fingerprint density at radius 2 is 1.83 bits per heavy atom. The molecule has 1 atom stereocenters. The van der Waals surface area contributed by atoms with E-state index < -0.39 is 0 Å². The maximum absolute atomic E-state index is 5.92. The summed E-state index contributed by atoms with van der Waals surface area (Å²) in [6.07, 6.45) is 3.68. The van der Waals surface area contributed by atoms with Gasteiger partial charge in [0.15, 0.2) is 0 Å². The third kappa shape index (κ3) is 2.79. The Balaban J connectivity index is 2.16. The highest BCUT2D eigenvalue weighted by Crippen LogP contribution is 2.16. The molecular formula is C15H21N3. The minimum absolute atomic E-state index is 0.0161. The van der Waals surface area contributed by atoms with Crippen LogP contribution in [0.15, 0.2) is 36.8 Å². The number of rotatable bonds is 4. The summed E-state index contributed by atoms with van der Waals surface area (Å²) in [7, 11) is 0. The number of imidazole rings is 1. The van der Waals surface area contributed by atoms with Gasteiger partial charge in [0, 0.05) is 18.8 Å². The first-order valence-electron chi connectivity index (χ1n) is 6.42. The number of hydrogen-bond donors (Lipinski definition) is 1. The second-order valence-corrected chi connectivity index (χ2v) is 5.13. The van der Waals surface area contributed by atoms with Gasteiger partial charge in [-0.1, -0.05) is 38.1 Å². The largest absolute Gasteiger partial charge is 0.329 e. The molecule has 0 bridgehead atoms. The van der Waals surface area contributed by atoms with Gasteiger partial charge >= 0.3 is 0 Å². The highest BCUT2D eigenvalue weighted by atomic mass is 15.1. The first-order chi connectivity index (χ1) is 8.58. The van der Waals surface area contributed by atoms with Gasteiger partial charge in [-0.3, -0.25) is 0 Å². The van der Waals surface area contributed by atoms with Crippen LogP contribution in [0.2, 0.25) is 0 Å². The van der Waals surface area contributed by atoms with Crippen LogP contribution in [-0.4, -0.2) is 9.55 Å². The monoisotopic (exact) mass is 243 g/mol. The van der Waals surface area contributed by atoms with Gasteiger partial charge < -0.3 is 10.3 Å². The maximum atomic E-state index is 5.92. The van der Waals surface area contributed by atoms with Crippen LogP contribution in [0.4, 0.5) is 0 Å². The van der Waals surface area contributed by atoms with Gasteiger partial charge in [-0.15, -0.1) is 0 Å². The molecule has 0 saturated carbocycles. The molecule has 2 rings (SSSR count). The van der Waals surface area contributed by atoms with Crippen LogP contribution in [0.5, 0.6) is 0 Å². The Morgan fingerprint density at radius 3 is 2.39 bits per heavy atom. The van der Waals surface area contributed by atoms with Gasteiger partial charge in [0.05, 0.1) is 12.0 Å². The van der Waals surface area contributed by atoms with Crippen molar-refractivity contribution in [3.8, 4) is 0 Å². The quantitative estimate of drug-likeness (QED) is 0.896. The Bertz CT molecular complexity index is 495. The fourth-order valence-corrected chi connectivity index (χ4v) is 2.05. The van der Waals surface area contributed by atoms with Crippen molar-refractivity contribution in [1.82, 2.24) is 9.55 Å². The molecule has 1 aromatic carbocycles. The van der Waals surface area contributed by atoms with Crippen molar-refractivity contribution >= 4 is 0 Å². The number of nitrogens with two attached hydrogens (primary N) is 1. The van der Waals surface area contributed by atoms with Gasteiger partial charge in [-0.25, -0.2) is 4.98 Å². The minimum Gasteiger partial charge on any atom is -0.329 e. The molecule has 96 valence electrons. The van der Waals surface area contributed by atoms with E-state index in [9.17, 15) is 0 Å². The predicted octanol–water partition coefficient (Wildman–Crippen LogP) is 3.07. The van der Waals surface area contributed by atoms with E-state index in [1.54, 1.807) is 0 Å². The lowest BCUT2D eigenvalue weighted by molar-refractivity contribution is 0.674. The summed E-state index contributed by atoms with van der Waals surface area (Å²) in [5.74, 6) is 0.576. The number of nitrogens with zero attached hydrogens (tertiary/aromatic N) is 2. The lowest BCUT2D eigenvalue weighted by Crippen LogP contribution is -2.12. The SMILES string of the molecule is CC(C)c1ccc(Cn2cncc2[C@H](C)N)cc1. The van der Waals surface area contributed by atoms with Crippen LogP contribution in [0.1, 0.15) is 49.6 Å². The van der Waals surface area contributed by atoms with E-state index in [1.165, 1.54) is 11.1 Å². The van der Waals surface area contributed by atoms with Crippen molar-refractivity contribution < 1.29 is 0 Å². The Morgan fingerprint density at radius 1 is 1.17 bits per heavy atom. The molecule has 0 amide bonds. The highest BCUT2D eigenvalue weighted by Gasteiger charge is 2.07. The number of hydrogen-bond acceptors (Lipinski definition) is 2. The highest BCUT2D eigenvalue weighted by molar-refractivity contribution is 5.25. The molecule has 0 spiro atoms. The molecule has 3 nitrogen and oxygen atoms in total. The molecule has 0 aliphatic rings. The van der Waals surface area contributed by atoms with Gasteiger partial charge in [-0.05, 0) is 24.0 Å². The Labute approximate surface area is 109 Å². The van der Waals surface area contributed by atoms with Crippen LogP contribution in [-0.2, 0) is 6.54 Å². The summed E-state index contributed by atoms with van der Waals surface area (Å²) in [5.41, 5.74) is 9.64. The van der Waals surface area contributed by atoms with Crippen LogP contribution in [0, 0.1) is 0 Å². The maximum Gasteiger partial charge on any atom is 0.0951 e. The Kier molecular flexibility index (Phi) is 3.82. The molecule has 1 heterocycles. The zero-order chi connectivity index (χ0) is 13.1. The van der Waals surface area contributed by atoms with Crippen molar-refractivity contribution in [3.63, 3.8) is 0 Å². The lowest BCUT2D eigenvalue weighted by Gasteiger charge is -2.12. The zero-order valence-corrected chi connectivity index (χ0v) is 11.3. The van der Waals surface area contributed by atoms with Gasteiger partial charge in [0.2, 0.25) is 0 Å². The standard InChI is InChI=1S/C15H21N3/c1-11(2)14-6-4-13(5-7-14)9-18-10-17-8-15(18)12(3)16/h4-8,10-12H,9,16H2,1-3H3/t12-/m0/s1. The second kappa shape index (κ2) is 5.36. The summed E-state index contributed by atoms with van der Waals surface area (Å²) in [5, 5.41) is 0. The molecule has 2 aromatic rings. The van der Waals surface area contributed by atoms with Gasteiger partial charge in [-0.2, -0.15) is 0 Å². The van der Waals surface area contributed by atoms with Crippen LogP contribution >= 0.6 is 0 Å². The normalized spacial score (nSPS) is 12.9. The molecule has 0 fully saturated rings. The van der Waals surface area contributed by atoms with Crippen LogP contribution < -0.4 is 5.73 Å². The average molecular weight is 243 g/mol. The number of aromatic nitrogens is 2. The lowest BCUT2D eigenvalue weighted by atomic mass is 10.0. The van der Waals surface area contributed by atoms with Crippen molar-refractivity contribution in [2.45, 2.75) is 39.3 Å². The fourth-order valence-electron chi connectivity index (χ4n) is 2.05. The first kappa shape index (κ1) is 12.8. The second-order valence-electron chi connectivity index (χ2n) is 5.13. The van der Waals surface area contributed by atoms with Crippen molar-refractivity contribution in [2.75, 3.05) is 0 Å². The average Bonchev–Trinajstić information content (AvgIpc) is 2.78. The molecule has 2 N–H and O–H groups in total. The molecule has 3 heteroatoms. The molecule has 0 unspecified atom stereocenters. The van der Waals surface area contributed by atoms with Gasteiger partial charge in [0.1, 0.15) is 0 Å². The van der Waals surface area contributed by atoms with E-state index in [0.29, 0.717) is 5.92 Å². The molecule has 18 heavy (non-hydrogen) atoms. The van der Waals surface area contributed by atoms with Crippen LogP contribution in [0.3, 0.4) is 0 Å². The van der Waals surface area contributed by atoms with Gasteiger partial charge in [0.25, 0.3) is 0 Å². The first-order valence-corrected chi connectivity index (χ1v) is 6.42. The summed E-state index contributed by atoms with van der Waals surface area (Å²) >= 11 is 0. The summed E-state index contributed by atoms with van der Waals surface area (Å²) in [4.78, 5) is 4.17. The van der Waals surface area contributed by atoms with E-state index in [1.807, 2.05) is 19.4 Å². The third-order valence-electron chi connectivity index (χ3n) is 3.21. The minimum atomic E-state index is 0.0161. The topological polar surface area (TPSA) is 43.8 Å². The molecule has 0 aliphatic heterocycles. The summed E-state index contributed by atoms with van der Waals surface area (Å²) < 4.78 is 2.11. The zero-order valence-electron chi connectivity index (χ0n) is 11.3. The van der Waals surface area contributed by atoms with Crippen molar-refractivity contribution in [2.24, 2.45) is 5.73 Å². The number of benzene rings is 1. The van der Waals surface area contributed by atoms with E-state index >= 15 is 0 Å². The van der Waals surface area contributed by atoms with Crippen molar-refractivity contribution in [1.29, 1.82) is 0 Å². The van der Waals surface area contributed by atoms with E-state index in [0.717, 1.165) is 12.2 Å². The molecule has 0 aliphatic carbocycles. The molecule has 0 radical (unpaired) electrons. The summed E-state index contributed by atoms with van der Waals surface area (Å²) in [6, 6.07) is 8.77. The molecule has 1 aromatic heterocycles. The third-order valence-corrected chi connectivity index (χ3v) is 3.21. The summed E-state index contributed by atoms with van der Waals surface area (Å²) in [6.45, 7) is 7.22. The predicted molar refractivity (Wildman–Crippen MR) is 74.5 cm³/mol. The van der Waals surface area contributed by atoms with E-state index in [2.05, 4.69) is 47.7 Å². The fraction of sp³-hybridized carbons (Fsp3) is 0.400. The molecule has 0 saturated heterocycles.